The van der Waals surface area contributed by atoms with E-state index in [1.165, 1.54) is 6.20 Å². The van der Waals surface area contributed by atoms with Crippen LogP contribution in [-0.2, 0) is 11.3 Å². The average molecular weight is 248 g/mol. The SMILES string of the molecule is C=C(C)C(=O)Oc1c(C)ncc(C=O)c1CNC. The smallest absolute Gasteiger partial charge is 0.338 e. The first-order chi connectivity index (χ1) is 8.51. The predicted molar refractivity (Wildman–Crippen MR) is 67.6 cm³/mol. The number of aromatic nitrogens is 1. The molecule has 0 saturated heterocycles. The molecule has 0 aliphatic heterocycles. The van der Waals surface area contributed by atoms with Gasteiger partial charge >= 0.3 is 5.97 Å². The first-order valence-electron chi connectivity index (χ1n) is 5.47. The standard InChI is InChI=1S/C13H16N2O3/c1-8(2)13(17)18-12-9(3)15-5-10(7-16)11(12)6-14-4/h5,7,14H,1,6H2,2-4H3. The van der Waals surface area contributed by atoms with Gasteiger partial charge in [0, 0.05) is 29.4 Å². The summed E-state index contributed by atoms with van der Waals surface area (Å²) in [6.07, 6.45) is 2.16. The van der Waals surface area contributed by atoms with E-state index in [1.54, 1.807) is 20.9 Å². The number of rotatable bonds is 5. The highest BCUT2D eigenvalue weighted by molar-refractivity contribution is 5.89. The molecule has 0 radical (unpaired) electrons. The Morgan fingerprint density at radius 1 is 1.61 bits per heavy atom. The number of aryl methyl sites for hydroxylation is 1. The maximum atomic E-state index is 11.6. The molecule has 1 aromatic rings. The van der Waals surface area contributed by atoms with Crippen molar-refractivity contribution in [3.05, 3.63) is 35.2 Å². The quantitative estimate of drug-likeness (QED) is 0.484. The third-order valence-corrected chi connectivity index (χ3v) is 2.37. The fraction of sp³-hybridized carbons (Fsp3) is 0.308. The zero-order chi connectivity index (χ0) is 13.7. The van der Waals surface area contributed by atoms with Gasteiger partial charge < -0.3 is 10.1 Å². The van der Waals surface area contributed by atoms with Crippen molar-refractivity contribution in [3.63, 3.8) is 0 Å². The Bertz CT molecular complexity index is 495. The van der Waals surface area contributed by atoms with E-state index in [1.807, 2.05) is 0 Å². The minimum absolute atomic E-state index is 0.293. The molecule has 0 aliphatic carbocycles. The van der Waals surface area contributed by atoms with Crippen molar-refractivity contribution in [2.24, 2.45) is 0 Å². The van der Waals surface area contributed by atoms with Crippen molar-refractivity contribution in [1.82, 2.24) is 10.3 Å². The van der Waals surface area contributed by atoms with E-state index in [0.717, 1.165) is 0 Å². The van der Waals surface area contributed by atoms with E-state index >= 15 is 0 Å². The van der Waals surface area contributed by atoms with Crippen LogP contribution >= 0.6 is 0 Å². The summed E-state index contributed by atoms with van der Waals surface area (Å²) < 4.78 is 5.23. The molecular formula is C13H16N2O3. The molecule has 0 unspecified atom stereocenters. The van der Waals surface area contributed by atoms with Gasteiger partial charge in [-0.2, -0.15) is 0 Å². The lowest BCUT2D eigenvalue weighted by Crippen LogP contribution is -2.16. The number of pyridine rings is 1. The topological polar surface area (TPSA) is 68.3 Å². The largest absolute Gasteiger partial charge is 0.421 e. The number of hydrogen-bond donors (Lipinski definition) is 1. The van der Waals surface area contributed by atoms with Crippen LogP contribution in [0.5, 0.6) is 5.75 Å². The summed E-state index contributed by atoms with van der Waals surface area (Å²) in [5.41, 5.74) is 1.87. The summed E-state index contributed by atoms with van der Waals surface area (Å²) in [7, 11) is 1.74. The molecule has 0 aliphatic rings. The highest BCUT2D eigenvalue weighted by Gasteiger charge is 2.16. The number of carbonyl (C=O) groups excluding carboxylic acids is 2. The van der Waals surface area contributed by atoms with E-state index in [9.17, 15) is 9.59 Å². The molecule has 0 amide bonds. The first-order valence-corrected chi connectivity index (χ1v) is 5.47. The van der Waals surface area contributed by atoms with Crippen molar-refractivity contribution < 1.29 is 14.3 Å². The van der Waals surface area contributed by atoms with Crippen LogP contribution in [0.4, 0.5) is 0 Å². The van der Waals surface area contributed by atoms with Crippen LogP contribution in [0.1, 0.15) is 28.5 Å². The Balaban J connectivity index is 3.25. The van der Waals surface area contributed by atoms with Gasteiger partial charge in [-0.05, 0) is 20.9 Å². The van der Waals surface area contributed by atoms with Crippen molar-refractivity contribution in [3.8, 4) is 5.75 Å². The Morgan fingerprint density at radius 3 is 2.78 bits per heavy atom. The van der Waals surface area contributed by atoms with Crippen LogP contribution in [0.25, 0.3) is 0 Å². The van der Waals surface area contributed by atoms with E-state index in [-0.39, 0.29) is 0 Å². The number of esters is 1. The van der Waals surface area contributed by atoms with Gasteiger partial charge in [-0.1, -0.05) is 6.58 Å². The summed E-state index contributed by atoms with van der Waals surface area (Å²) in [6, 6.07) is 0. The van der Waals surface area contributed by atoms with E-state index in [0.29, 0.717) is 41.0 Å². The third kappa shape index (κ3) is 3.01. The van der Waals surface area contributed by atoms with Crippen molar-refractivity contribution in [2.45, 2.75) is 20.4 Å². The molecule has 0 aromatic carbocycles. The third-order valence-electron chi connectivity index (χ3n) is 2.37. The summed E-state index contributed by atoms with van der Waals surface area (Å²) >= 11 is 0. The summed E-state index contributed by atoms with van der Waals surface area (Å²) in [4.78, 5) is 26.6. The molecule has 1 heterocycles. The summed E-state index contributed by atoms with van der Waals surface area (Å²) in [5, 5.41) is 2.93. The second-order valence-electron chi connectivity index (χ2n) is 3.92. The number of nitrogens with zero attached hydrogens (tertiary/aromatic N) is 1. The van der Waals surface area contributed by atoms with Crippen LogP contribution in [0.15, 0.2) is 18.3 Å². The molecule has 0 spiro atoms. The molecule has 5 nitrogen and oxygen atoms in total. The molecule has 1 rings (SSSR count). The van der Waals surface area contributed by atoms with Crippen molar-refractivity contribution in [2.75, 3.05) is 7.05 Å². The average Bonchev–Trinajstić information content (AvgIpc) is 2.33. The van der Waals surface area contributed by atoms with Gasteiger partial charge in [-0.3, -0.25) is 9.78 Å². The van der Waals surface area contributed by atoms with Crippen LogP contribution in [0.3, 0.4) is 0 Å². The predicted octanol–water partition coefficient (Wildman–Crippen LogP) is 1.40. The normalized spacial score (nSPS) is 9.94. The van der Waals surface area contributed by atoms with Crippen LogP contribution < -0.4 is 10.1 Å². The van der Waals surface area contributed by atoms with Crippen molar-refractivity contribution in [1.29, 1.82) is 0 Å². The van der Waals surface area contributed by atoms with Gasteiger partial charge in [0.15, 0.2) is 12.0 Å². The highest BCUT2D eigenvalue weighted by atomic mass is 16.5. The highest BCUT2D eigenvalue weighted by Crippen LogP contribution is 2.25. The van der Waals surface area contributed by atoms with Gasteiger partial charge in [0.25, 0.3) is 0 Å². The van der Waals surface area contributed by atoms with Gasteiger partial charge in [0.2, 0.25) is 0 Å². The minimum Gasteiger partial charge on any atom is -0.421 e. The number of carbonyl (C=O) groups is 2. The zero-order valence-electron chi connectivity index (χ0n) is 10.7. The second-order valence-corrected chi connectivity index (χ2v) is 3.92. The lowest BCUT2D eigenvalue weighted by molar-refractivity contribution is -0.130. The number of nitrogens with one attached hydrogen (secondary N) is 1. The Morgan fingerprint density at radius 2 is 2.28 bits per heavy atom. The zero-order valence-corrected chi connectivity index (χ0v) is 10.7. The lowest BCUT2D eigenvalue weighted by atomic mass is 10.1. The number of aldehydes is 1. The molecule has 18 heavy (non-hydrogen) atoms. The Labute approximate surface area is 106 Å². The van der Waals surface area contributed by atoms with Crippen LogP contribution in [-0.4, -0.2) is 24.3 Å². The van der Waals surface area contributed by atoms with Crippen molar-refractivity contribution >= 4 is 12.3 Å². The summed E-state index contributed by atoms with van der Waals surface area (Å²) in [5.74, 6) is -0.206. The van der Waals surface area contributed by atoms with E-state index in [4.69, 9.17) is 4.74 Å². The van der Waals surface area contributed by atoms with Gasteiger partial charge in [0.05, 0.1) is 5.69 Å². The molecule has 1 N–H and O–H groups in total. The molecule has 5 heteroatoms. The fourth-order valence-corrected chi connectivity index (χ4v) is 1.43. The molecule has 96 valence electrons. The Hall–Kier alpha value is -2.01. The molecule has 0 atom stereocenters. The molecule has 0 saturated carbocycles. The van der Waals surface area contributed by atoms with Gasteiger partial charge in [-0.15, -0.1) is 0 Å². The Kier molecular flexibility index (Phi) is 4.74. The summed E-state index contributed by atoms with van der Waals surface area (Å²) in [6.45, 7) is 7.21. The molecular weight excluding hydrogens is 232 g/mol. The van der Waals surface area contributed by atoms with Crippen LogP contribution in [0.2, 0.25) is 0 Å². The van der Waals surface area contributed by atoms with E-state index in [2.05, 4.69) is 16.9 Å². The molecule has 1 aromatic heterocycles. The first kappa shape index (κ1) is 14.1. The second kappa shape index (κ2) is 6.07. The number of ether oxygens (including phenoxy) is 1. The van der Waals surface area contributed by atoms with Gasteiger partial charge in [-0.25, -0.2) is 4.79 Å². The van der Waals surface area contributed by atoms with Gasteiger partial charge in [0.1, 0.15) is 0 Å². The maximum Gasteiger partial charge on any atom is 0.338 e. The lowest BCUT2D eigenvalue weighted by Gasteiger charge is -2.13. The monoisotopic (exact) mass is 248 g/mol. The van der Waals surface area contributed by atoms with Crippen LogP contribution in [0, 0.1) is 6.92 Å². The minimum atomic E-state index is -0.527. The maximum absolute atomic E-state index is 11.6. The molecule has 0 bridgehead atoms. The van der Waals surface area contributed by atoms with E-state index < -0.39 is 5.97 Å². The fourth-order valence-electron chi connectivity index (χ4n) is 1.43. The number of hydrogen-bond acceptors (Lipinski definition) is 5. The molecule has 0 fully saturated rings.